The van der Waals surface area contributed by atoms with Gasteiger partial charge in [0, 0.05) is 24.5 Å². The minimum absolute atomic E-state index is 0.0375. The monoisotopic (exact) mass is 406 g/mol. The van der Waals surface area contributed by atoms with Crippen LogP contribution in [-0.4, -0.2) is 39.4 Å². The number of nitrogens with zero attached hydrogens (tertiary/aromatic N) is 1. The number of piperidine rings is 1. The van der Waals surface area contributed by atoms with Crippen molar-refractivity contribution >= 4 is 17.5 Å². The summed E-state index contributed by atoms with van der Waals surface area (Å²) < 4.78 is 21.4. The van der Waals surface area contributed by atoms with Gasteiger partial charge in [0.1, 0.15) is 11.4 Å². The molecule has 1 spiro atoms. The van der Waals surface area contributed by atoms with E-state index in [1.807, 2.05) is 51.1 Å². The fraction of sp³-hybridized carbons (Fsp3) is 0.682. The van der Waals surface area contributed by atoms with E-state index < -0.39 is 11.4 Å². The molecule has 1 aromatic rings. The lowest BCUT2D eigenvalue weighted by atomic mass is 9.73. The Kier molecular flexibility index (Phi) is 6.62. The molecule has 0 bridgehead atoms. The second-order valence-corrected chi connectivity index (χ2v) is 11.5. The highest BCUT2D eigenvalue weighted by Gasteiger charge is 2.50. The van der Waals surface area contributed by atoms with Gasteiger partial charge in [-0.05, 0) is 56.9 Å². The number of hydrogen-bond acceptors (Lipinski definition) is 4. The van der Waals surface area contributed by atoms with Crippen molar-refractivity contribution in [3.05, 3.63) is 35.9 Å². The lowest BCUT2D eigenvalue weighted by Crippen LogP contribution is -2.60. The summed E-state index contributed by atoms with van der Waals surface area (Å²) in [4.78, 5) is 14.5. The Labute approximate surface area is 172 Å². The van der Waals surface area contributed by atoms with E-state index in [9.17, 15) is 9.35 Å². The average Bonchev–Trinajstić information content (AvgIpc) is 3.03. The van der Waals surface area contributed by atoms with E-state index >= 15 is 0 Å². The normalized spacial score (nSPS) is 29.1. The maximum Gasteiger partial charge on any atom is 0.410 e. The van der Waals surface area contributed by atoms with Crippen molar-refractivity contribution in [1.29, 1.82) is 0 Å². The Morgan fingerprint density at radius 1 is 1.32 bits per heavy atom. The van der Waals surface area contributed by atoms with E-state index in [1.165, 1.54) is 6.42 Å². The van der Waals surface area contributed by atoms with Crippen molar-refractivity contribution in [3.63, 3.8) is 0 Å². The SMILES string of the molecule is C[C@H]1CCC2(CCN(C(=O)OCc3ccccc3)CC2N[S@+]([O-])C(C)(C)C)C1. The maximum atomic E-state index is 12.8. The summed E-state index contributed by atoms with van der Waals surface area (Å²) in [6.07, 6.45) is 4.15. The smallest absolute Gasteiger partial charge is 0.410 e. The molecular formula is C22H34N2O3S. The molecule has 1 aliphatic carbocycles. The van der Waals surface area contributed by atoms with Crippen LogP contribution in [-0.2, 0) is 22.7 Å². The first-order valence-corrected chi connectivity index (χ1v) is 11.5. The highest BCUT2D eigenvalue weighted by molar-refractivity contribution is 7.90. The number of carbonyl (C=O) groups is 1. The molecule has 6 heteroatoms. The Bertz CT molecular complexity index is 663. The predicted molar refractivity (Wildman–Crippen MR) is 113 cm³/mol. The summed E-state index contributed by atoms with van der Waals surface area (Å²) in [7, 11) is 0. The molecule has 1 heterocycles. The molecule has 1 aromatic carbocycles. The van der Waals surface area contributed by atoms with Crippen LogP contribution >= 0.6 is 0 Å². The summed E-state index contributed by atoms with van der Waals surface area (Å²) >= 11 is -1.16. The lowest BCUT2D eigenvalue weighted by molar-refractivity contribution is 0.0454. The van der Waals surface area contributed by atoms with Crippen LogP contribution in [0.3, 0.4) is 0 Å². The van der Waals surface area contributed by atoms with Gasteiger partial charge in [0.15, 0.2) is 0 Å². The Hall–Kier alpha value is -1.24. The molecule has 4 atom stereocenters. The van der Waals surface area contributed by atoms with Crippen LogP contribution in [0.5, 0.6) is 0 Å². The molecule has 3 rings (SSSR count). The summed E-state index contributed by atoms with van der Waals surface area (Å²) in [6.45, 7) is 9.79. The topological polar surface area (TPSA) is 64.6 Å². The van der Waals surface area contributed by atoms with E-state index in [1.54, 1.807) is 4.90 Å². The van der Waals surface area contributed by atoms with E-state index in [0.717, 1.165) is 24.8 Å². The predicted octanol–water partition coefficient (Wildman–Crippen LogP) is 4.26. The molecule has 2 unspecified atom stereocenters. The van der Waals surface area contributed by atoms with E-state index in [2.05, 4.69) is 11.6 Å². The van der Waals surface area contributed by atoms with Gasteiger partial charge in [-0.2, -0.15) is 0 Å². The zero-order chi connectivity index (χ0) is 20.4. The van der Waals surface area contributed by atoms with Crippen LogP contribution in [0.25, 0.3) is 0 Å². The minimum Gasteiger partial charge on any atom is -0.598 e. The lowest BCUT2D eigenvalue weighted by Gasteiger charge is -2.46. The number of nitrogens with one attached hydrogen (secondary N) is 1. The Balaban J connectivity index is 1.66. The van der Waals surface area contributed by atoms with Crippen molar-refractivity contribution in [2.45, 2.75) is 70.8 Å². The zero-order valence-electron chi connectivity index (χ0n) is 17.6. The molecule has 1 N–H and O–H groups in total. The zero-order valence-corrected chi connectivity index (χ0v) is 18.4. The quantitative estimate of drug-likeness (QED) is 0.759. The molecule has 156 valence electrons. The van der Waals surface area contributed by atoms with Gasteiger partial charge in [0.05, 0.1) is 6.04 Å². The van der Waals surface area contributed by atoms with Crippen molar-refractivity contribution < 1.29 is 14.1 Å². The average molecular weight is 407 g/mol. The standard InChI is InChI=1S/C22H34N2O3S/c1-17-10-11-22(14-17)12-13-24(15-19(22)23-28(26)21(2,3)4)20(25)27-16-18-8-6-5-7-9-18/h5-9,17,19,23H,10-16H2,1-4H3/t17-,19?,22?,28+/m0/s1. The number of amides is 1. The Morgan fingerprint density at radius 2 is 2.04 bits per heavy atom. The molecule has 2 aliphatic rings. The number of likely N-dealkylation sites (tertiary alicyclic amines) is 1. The first kappa shape index (κ1) is 21.5. The molecule has 0 radical (unpaired) electrons. The Morgan fingerprint density at radius 3 is 2.64 bits per heavy atom. The third-order valence-corrected chi connectivity index (χ3v) is 7.79. The van der Waals surface area contributed by atoms with Crippen molar-refractivity contribution in [2.75, 3.05) is 13.1 Å². The maximum absolute atomic E-state index is 12.8. The first-order chi connectivity index (χ1) is 13.2. The van der Waals surface area contributed by atoms with Crippen molar-refractivity contribution in [1.82, 2.24) is 9.62 Å². The van der Waals surface area contributed by atoms with Crippen LogP contribution in [0.1, 0.15) is 58.9 Å². The molecule has 1 saturated carbocycles. The van der Waals surface area contributed by atoms with Crippen molar-refractivity contribution in [2.24, 2.45) is 11.3 Å². The van der Waals surface area contributed by atoms with Gasteiger partial charge in [-0.1, -0.05) is 43.7 Å². The molecule has 5 nitrogen and oxygen atoms in total. The number of benzene rings is 1. The van der Waals surface area contributed by atoms with Gasteiger partial charge in [0.2, 0.25) is 0 Å². The second kappa shape index (κ2) is 8.64. The number of hydrogen-bond donors (Lipinski definition) is 1. The first-order valence-electron chi connectivity index (χ1n) is 10.3. The largest absolute Gasteiger partial charge is 0.598 e. The van der Waals surface area contributed by atoms with Gasteiger partial charge < -0.3 is 14.2 Å². The van der Waals surface area contributed by atoms with E-state index in [-0.39, 0.29) is 28.9 Å². The highest BCUT2D eigenvalue weighted by atomic mass is 32.2. The summed E-state index contributed by atoms with van der Waals surface area (Å²) in [5, 5.41) is 0. The van der Waals surface area contributed by atoms with Gasteiger partial charge >= 0.3 is 6.09 Å². The fourth-order valence-electron chi connectivity index (χ4n) is 4.46. The molecule has 0 aromatic heterocycles. The highest BCUT2D eigenvalue weighted by Crippen LogP contribution is 2.49. The van der Waals surface area contributed by atoms with E-state index in [0.29, 0.717) is 19.0 Å². The van der Waals surface area contributed by atoms with Crippen molar-refractivity contribution in [3.8, 4) is 0 Å². The van der Waals surface area contributed by atoms with Gasteiger partial charge in [-0.3, -0.25) is 0 Å². The summed E-state index contributed by atoms with van der Waals surface area (Å²) in [6, 6.07) is 9.78. The van der Waals surface area contributed by atoms with Crippen LogP contribution in [0, 0.1) is 11.3 Å². The van der Waals surface area contributed by atoms with Gasteiger partial charge in [-0.15, -0.1) is 4.72 Å². The molecule has 2 fully saturated rings. The summed E-state index contributed by atoms with van der Waals surface area (Å²) in [5.41, 5.74) is 1.12. The third-order valence-electron chi connectivity index (χ3n) is 6.18. The fourth-order valence-corrected chi connectivity index (χ4v) is 5.39. The summed E-state index contributed by atoms with van der Waals surface area (Å²) in [5.74, 6) is 0.684. The van der Waals surface area contributed by atoms with Gasteiger partial charge in [0.25, 0.3) is 0 Å². The van der Waals surface area contributed by atoms with Crippen LogP contribution < -0.4 is 4.72 Å². The number of rotatable bonds is 4. The number of ether oxygens (including phenoxy) is 1. The molecule has 28 heavy (non-hydrogen) atoms. The molecule has 1 amide bonds. The van der Waals surface area contributed by atoms with Crippen LogP contribution in [0.4, 0.5) is 4.79 Å². The molecule has 1 saturated heterocycles. The second-order valence-electron chi connectivity index (χ2n) is 9.50. The minimum atomic E-state index is -1.16. The molecule has 1 aliphatic heterocycles. The van der Waals surface area contributed by atoms with Gasteiger partial charge in [-0.25, -0.2) is 4.79 Å². The third kappa shape index (κ3) is 5.02. The van der Waals surface area contributed by atoms with E-state index in [4.69, 9.17) is 4.74 Å². The van der Waals surface area contributed by atoms with Crippen LogP contribution in [0.15, 0.2) is 30.3 Å². The molecular weight excluding hydrogens is 372 g/mol. The van der Waals surface area contributed by atoms with Crippen LogP contribution in [0.2, 0.25) is 0 Å². The number of carbonyl (C=O) groups excluding carboxylic acids is 1.